The van der Waals surface area contributed by atoms with Gasteiger partial charge < -0.3 is 44.0 Å². The molecule has 4 amide bonds. The van der Waals surface area contributed by atoms with Crippen LogP contribution >= 0.6 is 46.4 Å². The fourth-order valence-electron chi connectivity index (χ4n) is 21.0. The summed E-state index contributed by atoms with van der Waals surface area (Å²) in [7, 11) is 0. The Morgan fingerprint density at radius 3 is 1.29 bits per heavy atom. The Kier molecular flexibility index (Phi) is 25.8. The van der Waals surface area contributed by atoms with Gasteiger partial charge in [-0.05, 0) is 116 Å². The van der Waals surface area contributed by atoms with Gasteiger partial charge in [0.2, 0.25) is 30.2 Å². The van der Waals surface area contributed by atoms with Gasteiger partial charge in [-0.2, -0.15) is 0 Å². The molecule has 23 rings (SSSR count). The number of hydrogen-bond acceptors (Lipinski definition) is 20. The molecule has 16 aromatic rings. The number of rotatable bonds is 14. The standard InChI is InChI=1S/C28H22ClF3N6O.3C26H20ClF2N5O/c1-4-21(39)38-11-10-37(14-17(38)12-33-3)28-19-13-34-25(24(32)26(19)35-27(36-28)15(2)30)18-7-5-6-16-8-9-20(31)23(29)22(16)18;1-3-20(35)33-10-9-18-19(33)12-34(18)26-16-11-30-24(23(29)25(16)31-13(2)32-26)15-6-4-5-14-7-8-17(28)22(27)21(14)15;1-2-19(35)34-10-4-9-26(34)12-33(13-26)25-17-11-30-23(22(29)24(17)31-14-32-25)16-6-3-5-15-7-8-18(28)21(27)20(15)16;1-2-19(35)34-11-9-26(34)8-10-33(13-26)25-17-12-30-23(22(29)24(17)31-14-32-25)16-5-3-4-15-6-7-18(28)21(27)20(15)16/h4-9,13,15,17H,1,10-12,14H2,2H3;3-8,11,18-19H,1,9-10,12H2,2H3;2-3,5-8,11,14H,1,4,9-10,12-13H2;2-7,12,14H,1,8-11,13H2/t15?,17-;18-,19-;;/m01../s1. The van der Waals surface area contributed by atoms with Crippen LogP contribution < -0.4 is 19.6 Å². The maximum absolute atomic E-state index is 16.2. The van der Waals surface area contributed by atoms with Gasteiger partial charge in [0, 0.05) is 141 Å². The first-order valence-electron chi connectivity index (χ1n) is 46.0. The number of carbonyl (C=O) groups is 4. The van der Waals surface area contributed by atoms with Crippen LogP contribution in [0.3, 0.4) is 0 Å². The van der Waals surface area contributed by atoms with Crippen molar-refractivity contribution in [3.05, 3.63) is 299 Å². The number of aromatic nitrogens is 12. The highest BCUT2D eigenvalue weighted by Crippen LogP contribution is 2.49. The largest absolute Gasteiger partial charge is 0.354 e. The molecule has 2 spiro atoms. The van der Waals surface area contributed by atoms with E-state index in [0.29, 0.717) is 158 Å². The molecule has 0 radical (unpaired) electrons. The predicted molar refractivity (Wildman–Crippen MR) is 538 cm³/mol. The summed E-state index contributed by atoms with van der Waals surface area (Å²) in [4.78, 5) is 120. The summed E-state index contributed by atoms with van der Waals surface area (Å²) in [5.74, 6) is -3.43. The number of nitrogens with zero attached hydrogens (tertiary/aromatic N) is 21. The first-order chi connectivity index (χ1) is 69.5. The Hall–Kier alpha value is -15.2. The molecule has 0 bridgehead atoms. The highest BCUT2D eigenvalue weighted by molar-refractivity contribution is 6.39. The van der Waals surface area contributed by atoms with Crippen LogP contribution in [0.4, 0.5) is 62.8 Å². The van der Waals surface area contributed by atoms with Crippen LogP contribution in [-0.2, 0) is 19.2 Å². The molecule has 5 atom stereocenters. The third-order valence-electron chi connectivity index (χ3n) is 28.1. The molecule has 0 N–H and O–H groups in total. The van der Waals surface area contributed by atoms with Crippen LogP contribution in [0.1, 0.15) is 56.8 Å². The summed E-state index contributed by atoms with van der Waals surface area (Å²) in [6.45, 7) is 30.6. The minimum Gasteiger partial charge on any atom is -0.354 e. The van der Waals surface area contributed by atoms with Crippen LogP contribution in [0, 0.1) is 60.0 Å². The van der Waals surface area contributed by atoms with Gasteiger partial charge in [-0.15, -0.1) is 0 Å². The highest BCUT2D eigenvalue weighted by Gasteiger charge is 2.54. The SMILES string of the molecule is C=CC(=O)N1CCC12CCN(c1ncnc3c(F)c(-c4cccc5ccc(F)c(Cl)c45)ncc13)C2.C=CC(=O)N1CCCC12CN(c1ncnc3c(F)c(-c4cccc5ccc(F)c(Cl)c45)ncc13)C2.C=CC(=O)N1CC[C@@H]2[C@H]1CN2c1nc(C)nc2c(F)c(-c3cccc4ccc(F)c(Cl)c34)ncc12.[C-]#[N+]C[C@H]1CN(c2nc(C(C)F)nc3c(F)c(-c4cccc5ccc(F)c(Cl)c45)ncc23)CCN1C(=O)C=C. The molecule has 25 nitrogen and oxygen atoms in total. The van der Waals surface area contributed by atoms with Crippen LogP contribution in [0.15, 0.2) is 209 Å². The molecule has 8 aromatic carbocycles. The average Bonchev–Trinajstić information content (AvgIpc) is 1.44. The molecule has 0 aliphatic carbocycles. The number of likely N-dealkylation sites (tertiary alicyclic amines) is 3. The van der Waals surface area contributed by atoms with E-state index in [0.717, 1.165) is 32.1 Å². The number of benzene rings is 8. The zero-order valence-corrected chi connectivity index (χ0v) is 79.9. The summed E-state index contributed by atoms with van der Waals surface area (Å²) < 4.78 is 135. The van der Waals surface area contributed by atoms with E-state index in [1.807, 2.05) is 19.6 Å². The maximum atomic E-state index is 16.2. The normalized spacial score (nSPS) is 17.9. The van der Waals surface area contributed by atoms with Crippen molar-refractivity contribution < 1.29 is 58.7 Å². The summed E-state index contributed by atoms with van der Waals surface area (Å²) >= 11 is 25.1. The molecule has 144 heavy (non-hydrogen) atoms. The van der Waals surface area contributed by atoms with Crippen molar-refractivity contribution in [2.24, 2.45) is 0 Å². The summed E-state index contributed by atoms with van der Waals surface area (Å²) in [6.07, 6.45) is 16.7. The molecule has 7 aliphatic heterocycles. The van der Waals surface area contributed by atoms with Gasteiger partial charge in [-0.25, -0.2) is 86.0 Å². The number of hydrogen-bond donors (Lipinski definition) is 0. The van der Waals surface area contributed by atoms with E-state index in [2.05, 4.69) is 101 Å². The molecule has 7 fully saturated rings. The molecule has 8 aromatic heterocycles. The Balaban J connectivity index is 0.000000117. The Labute approximate surface area is 836 Å². The number of amides is 4. The topological polar surface area (TPSA) is 253 Å². The Morgan fingerprint density at radius 1 is 0.431 bits per heavy atom. The van der Waals surface area contributed by atoms with Crippen molar-refractivity contribution >= 4 is 180 Å². The van der Waals surface area contributed by atoms with E-state index in [9.17, 15) is 41.1 Å². The molecular formula is C106H82Cl4F9N21O4. The van der Waals surface area contributed by atoms with Gasteiger partial charge in [0.25, 0.3) is 0 Å². The third kappa shape index (κ3) is 16.6. The smallest absolute Gasteiger partial charge is 0.246 e. The molecule has 2 unspecified atom stereocenters. The Bertz CT molecular complexity index is 8190. The number of halogens is 13. The number of alkyl halides is 1. The van der Waals surface area contributed by atoms with Gasteiger partial charge >= 0.3 is 0 Å². The van der Waals surface area contributed by atoms with Crippen LogP contribution in [0.25, 0.3) is 137 Å². The molecule has 15 heterocycles. The lowest BCUT2D eigenvalue weighted by atomic mass is 9.83. The first kappa shape index (κ1) is 96.3. The fourth-order valence-corrected chi connectivity index (χ4v) is 22.1. The van der Waals surface area contributed by atoms with Gasteiger partial charge in [0.15, 0.2) is 35.3 Å². The van der Waals surface area contributed by atoms with Gasteiger partial charge in [-0.3, -0.25) is 39.1 Å². The van der Waals surface area contributed by atoms with Crippen LogP contribution in [-0.4, -0.2) is 211 Å². The van der Waals surface area contributed by atoms with E-state index < -0.39 is 58.8 Å². The van der Waals surface area contributed by atoms with E-state index in [-0.39, 0.29) is 154 Å². The molecule has 38 heteroatoms. The summed E-state index contributed by atoms with van der Waals surface area (Å²) in [5, 5.41) is 5.40. The molecule has 7 saturated heterocycles. The van der Waals surface area contributed by atoms with E-state index in [1.54, 1.807) is 132 Å². The van der Waals surface area contributed by atoms with Crippen molar-refractivity contribution in [2.75, 3.05) is 98.1 Å². The second-order valence-corrected chi connectivity index (χ2v) is 37.5. The Morgan fingerprint density at radius 2 is 0.847 bits per heavy atom. The second kappa shape index (κ2) is 38.6. The van der Waals surface area contributed by atoms with E-state index in [1.165, 1.54) is 74.3 Å². The number of carbonyl (C=O) groups excluding carboxylic acids is 4. The highest BCUT2D eigenvalue weighted by atomic mass is 35.5. The molecular weight excluding hydrogens is 1940 g/mol. The lowest BCUT2D eigenvalue weighted by Crippen LogP contribution is -2.69. The number of pyridine rings is 4. The van der Waals surface area contributed by atoms with Crippen molar-refractivity contribution in [1.29, 1.82) is 0 Å². The lowest BCUT2D eigenvalue weighted by Gasteiger charge is -2.53. The molecule has 726 valence electrons. The van der Waals surface area contributed by atoms with Crippen molar-refractivity contribution in [3.63, 3.8) is 0 Å². The number of anilines is 4. The van der Waals surface area contributed by atoms with Crippen molar-refractivity contribution in [3.8, 4) is 45.0 Å². The molecule has 7 aliphatic rings. The predicted octanol–water partition coefficient (Wildman–Crippen LogP) is 21.3. The first-order valence-corrected chi connectivity index (χ1v) is 47.5. The minimum absolute atomic E-state index is 0.0406. The number of aryl methyl sites for hydroxylation is 1. The number of piperazine rings is 1. The molecule has 0 saturated carbocycles. The quantitative estimate of drug-likeness (QED) is 0.0557. The minimum atomic E-state index is -1.60. The summed E-state index contributed by atoms with van der Waals surface area (Å²) in [6, 6.07) is 31.7. The number of fused-ring (bicyclic) bond motifs is 9. The van der Waals surface area contributed by atoms with Crippen LogP contribution in [0.5, 0.6) is 0 Å². The average molecular weight is 2030 g/mol. The zero-order valence-electron chi connectivity index (χ0n) is 76.9. The fraction of sp³-hybridized carbons (Fsp3) is 0.236. The van der Waals surface area contributed by atoms with Gasteiger partial charge in [0.1, 0.15) is 116 Å². The van der Waals surface area contributed by atoms with E-state index >= 15 is 17.6 Å². The lowest BCUT2D eigenvalue weighted by molar-refractivity contribution is -0.140. The summed E-state index contributed by atoms with van der Waals surface area (Å²) in [5.41, 5.74) is 1.17. The zero-order chi connectivity index (χ0) is 101. The van der Waals surface area contributed by atoms with Gasteiger partial charge in [-0.1, -0.05) is 170 Å². The van der Waals surface area contributed by atoms with Gasteiger partial charge in [0.05, 0.1) is 64.8 Å². The maximum Gasteiger partial charge on any atom is 0.246 e. The van der Waals surface area contributed by atoms with Crippen LogP contribution in [0.2, 0.25) is 20.1 Å². The third-order valence-corrected chi connectivity index (χ3v) is 29.6. The van der Waals surface area contributed by atoms with Crippen molar-refractivity contribution in [2.45, 2.75) is 81.3 Å². The second-order valence-electron chi connectivity index (χ2n) is 36.0. The van der Waals surface area contributed by atoms with E-state index in [4.69, 9.17) is 53.0 Å². The van der Waals surface area contributed by atoms with Crippen molar-refractivity contribution in [1.82, 2.24) is 79.4 Å². The monoisotopic (exact) mass is 2020 g/mol.